The molecule has 0 aliphatic carbocycles. The Hall–Kier alpha value is -0.950. The smallest absolute Gasteiger partial charge is 0.333 e. The van der Waals surface area contributed by atoms with Gasteiger partial charge in [0.25, 0.3) is 0 Å². The molecular weight excluding hydrogens is 416 g/mol. The van der Waals surface area contributed by atoms with Gasteiger partial charge in [0.2, 0.25) is 15.5 Å². The quantitative estimate of drug-likeness (QED) is 0.229. The van der Waals surface area contributed by atoms with E-state index in [2.05, 4.69) is 4.18 Å². The van der Waals surface area contributed by atoms with Crippen LogP contribution in [0.15, 0.2) is 0 Å². The Kier molecular flexibility index (Phi) is 6.47. The van der Waals surface area contributed by atoms with E-state index in [0.717, 1.165) is 0 Å². The Labute approximate surface area is 154 Å². The molecule has 14 nitrogen and oxygen atoms in total. The number of ether oxygens (including phenoxy) is 1. The van der Waals surface area contributed by atoms with Gasteiger partial charge in [-0.05, 0) is 0 Å². The van der Waals surface area contributed by atoms with Crippen LogP contribution >= 0.6 is 0 Å². The van der Waals surface area contributed by atoms with Crippen LogP contribution in [0, 0.1) is 0 Å². The van der Waals surface area contributed by atoms with Crippen molar-refractivity contribution in [2.75, 3.05) is 13.2 Å². The molecule has 0 bridgehead atoms. The van der Waals surface area contributed by atoms with Gasteiger partial charge in [-0.1, -0.05) is 0 Å². The van der Waals surface area contributed by atoms with Crippen LogP contribution in [0.3, 0.4) is 0 Å². The third-order valence-electron chi connectivity index (χ3n) is 4.24. The Bertz CT molecular complexity index is 768. The largest absolute Gasteiger partial charge is 0.480 e. The number of carboxylic acids is 1. The summed E-state index contributed by atoms with van der Waals surface area (Å²) < 4.78 is 57.4. The minimum Gasteiger partial charge on any atom is -0.480 e. The van der Waals surface area contributed by atoms with Crippen molar-refractivity contribution in [3.63, 3.8) is 0 Å². The van der Waals surface area contributed by atoms with Crippen molar-refractivity contribution < 1.29 is 56.1 Å². The molecule has 0 saturated carbocycles. The van der Waals surface area contributed by atoms with Crippen LogP contribution in [0.25, 0.3) is 0 Å². The third-order valence-corrected chi connectivity index (χ3v) is 6.82. The van der Waals surface area contributed by atoms with Gasteiger partial charge in [0.05, 0.1) is 12.7 Å². The summed E-state index contributed by atoms with van der Waals surface area (Å²) in [5.41, 5.74) is -2.22. The monoisotopic (exact) mass is 436 g/mol. The van der Waals surface area contributed by atoms with Gasteiger partial charge in [-0.3, -0.25) is 8.98 Å². The Morgan fingerprint density at radius 1 is 1.15 bits per heavy atom. The third kappa shape index (κ3) is 4.56. The van der Waals surface area contributed by atoms with Gasteiger partial charge in [0, 0.05) is 13.0 Å². The van der Waals surface area contributed by atoms with Crippen LogP contribution < -0.4 is 5.14 Å². The summed E-state index contributed by atoms with van der Waals surface area (Å²) in [6.07, 6.45) is -9.48. The van der Waals surface area contributed by atoms with E-state index in [0.29, 0.717) is 4.31 Å². The number of hydrogen-bond acceptors (Lipinski definition) is 11. The maximum Gasteiger partial charge on any atom is 0.333 e. The molecule has 2 aliphatic heterocycles. The van der Waals surface area contributed by atoms with E-state index in [1.165, 1.54) is 0 Å². The molecule has 0 aromatic heterocycles. The van der Waals surface area contributed by atoms with Gasteiger partial charge in [0.15, 0.2) is 0 Å². The highest BCUT2D eigenvalue weighted by atomic mass is 32.2. The average Bonchev–Trinajstić information content (AvgIpc) is 2.95. The number of nitrogens with two attached hydrogens (primary N) is 1. The Morgan fingerprint density at radius 3 is 2.22 bits per heavy atom. The van der Waals surface area contributed by atoms with E-state index >= 15 is 0 Å². The lowest BCUT2D eigenvalue weighted by Gasteiger charge is -2.40. The fourth-order valence-corrected chi connectivity index (χ4v) is 5.47. The molecule has 16 heteroatoms. The second-order valence-corrected chi connectivity index (χ2v) is 9.25. The van der Waals surface area contributed by atoms with Gasteiger partial charge in [0.1, 0.15) is 30.5 Å². The lowest BCUT2D eigenvalue weighted by Crippen LogP contribution is -2.63. The Balaban J connectivity index is 2.33. The molecule has 0 aromatic rings. The van der Waals surface area contributed by atoms with Crippen molar-refractivity contribution in [2.45, 2.75) is 48.4 Å². The molecule has 2 fully saturated rings. The van der Waals surface area contributed by atoms with Crippen molar-refractivity contribution in [1.29, 1.82) is 0 Å². The van der Waals surface area contributed by atoms with Crippen LogP contribution in [0.4, 0.5) is 0 Å². The number of aliphatic hydroxyl groups is 4. The van der Waals surface area contributed by atoms with Crippen LogP contribution in [0.1, 0.15) is 6.42 Å². The number of carbonyl (C=O) groups is 1. The first-order chi connectivity index (χ1) is 12.3. The predicted octanol–water partition coefficient (Wildman–Crippen LogP) is -5.14. The molecule has 2 heterocycles. The topological polar surface area (TPSA) is 234 Å². The maximum absolute atomic E-state index is 12.8. The summed E-state index contributed by atoms with van der Waals surface area (Å²) in [4.78, 5) is 11.4. The molecule has 2 saturated heterocycles. The minimum atomic E-state index is -4.81. The van der Waals surface area contributed by atoms with Gasteiger partial charge < -0.3 is 30.3 Å². The molecule has 0 radical (unpaired) electrons. The number of rotatable bonds is 6. The number of sulfonamides is 1. The van der Waals surface area contributed by atoms with E-state index < -0.39 is 87.9 Å². The molecule has 0 spiro atoms. The summed E-state index contributed by atoms with van der Waals surface area (Å²) in [5.74, 6) is -1.62. The summed E-state index contributed by atoms with van der Waals surface area (Å²) >= 11 is 0. The highest BCUT2D eigenvalue weighted by Crippen LogP contribution is 2.32. The van der Waals surface area contributed by atoms with Crippen molar-refractivity contribution in [3.05, 3.63) is 0 Å². The second kappa shape index (κ2) is 7.82. The van der Waals surface area contributed by atoms with Gasteiger partial charge in [-0.2, -0.15) is 12.7 Å². The van der Waals surface area contributed by atoms with Crippen molar-refractivity contribution in [1.82, 2.24) is 4.31 Å². The van der Waals surface area contributed by atoms with Gasteiger partial charge >= 0.3 is 16.3 Å². The van der Waals surface area contributed by atoms with E-state index in [9.17, 15) is 42.1 Å². The minimum absolute atomic E-state index is 0.345. The summed E-state index contributed by atoms with van der Waals surface area (Å²) in [6.45, 7) is -1.62. The highest BCUT2D eigenvalue weighted by molar-refractivity contribution is 7.89. The lowest BCUT2D eigenvalue weighted by molar-refractivity contribution is -0.208. The van der Waals surface area contributed by atoms with Crippen molar-refractivity contribution >= 4 is 26.3 Å². The summed E-state index contributed by atoms with van der Waals surface area (Å²) in [6, 6.07) is -1.76. The van der Waals surface area contributed by atoms with Crippen LogP contribution in [-0.2, 0) is 34.0 Å². The van der Waals surface area contributed by atoms with Crippen LogP contribution in [-0.4, -0.2) is 108 Å². The van der Waals surface area contributed by atoms with E-state index in [-0.39, 0.29) is 0 Å². The lowest BCUT2D eigenvalue weighted by atomic mass is 10.0. The normalized spacial score (nSPS) is 38.8. The molecular formula is C11H20N2O12S2. The zero-order valence-electron chi connectivity index (χ0n) is 13.6. The first-order valence-electron chi connectivity index (χ1n) is 7.54. The number of carboxylic acid groups (broad SMARTS) is 1. The van der Waals surface area contributed by atoms with Crippen molar-refractivity contribution in [3.8, 4) is 0 Å². The second-order valence-electron chi connectivity index (χ2n) is 6.11. The van der Waals surface area contributed by atoms with Gasteiger partial charge in [-0.15, -0.1) is 0 Å². The fourth-order valence-electron chi connectivity index (χ4n) is 2.98. The summed E-state index contributed by atoms with van der Waals surface area (Å²) in [7, 11) is -9.30. The molecule has 158 valence electrons. The Morgan fingerprint density at radius 2 is 1.74 bits per heavy atom. The zero-order valence-corrected chi connectivity index (χ0v) is 15.2. The van der Waals surface area contributed by atoms with Gasteiger partial charge in [-0.25, -0.2) is 13.6 Å². The number of aliphatic hydroxyl groups excluding tert-OH is 4. The van der Waals surface area contributed by atoms with E-state index in [4.69, 9.17) is 15.0 Å². The van der Waals surface area contributed by atoms with Crippen LogP contribution in [0.2, 0.25) is 0 Å². The fraction of sp³-hybridized carbons (Fsp3) is 0.909. The van der Waals surface area contributed by atoms with E-state index in [1.807, 2.05) is 0 Å². The molecule has 7 N–H and O–H groups in total. The number of hydrogen-bond donors (Lipinski definition) is 6. The molecule has 2 rings (SSSR count). The predicted molar refractivity (Wildman–Crippen MR) is 83.4 cm³/mol. The molecule has 2 aliphatic rings. The van der Waals surface area contributed by atoms with Crippen molar-refractivity contribution in [2.24, 2.45) is 5.14 Å². The number of aliphatic carboxylic acids is 1. The number of nitrogens with zero attached hydrogens (tertiary/aromatic N) is 1. The SMILES string of the molecule is NS(=O)(=O)O[C@@H]1C[C@@H](C(=O)O)N(S(=O)(=O)[C@@H]2OC(CO)[C@@H](O)[C@H](O)C2O)C1. The average molecular weight is 436 g/mol. The first-order valence-corrected chi connectivity index (χ1v) is 10.5. The molecule has 2 unspecified atom stereocenters. The molecule has 0 aromatic carbocycles. The molecule has 0 amide bonds. The van der Waals surface area contributed by atoms with Crippen LogP contribution in [0.5, 0.6) is 0 Å². The first kappa shape index (κ1) is 22.3. The maximum atomic E-state index is 12.8. The summed E-state index contributed by atoms with van der Waals surface area (Å²) in [5, 5.41) is 52.5. The standard InChI is InChI=1S/C11H20N2O12S2/c12-27(22,23)25-4-1-5(10(18)19)13(2-4)26(20,21)11-9(17)8(16)7(15)6(3-14)24-11/h4-9,11,14-17H,1-3H2,(H,18,19)(H2,12,22,23)/t4-,5+,6?,7-,8+,9?,11+/m1/s1. The zero-order chi connectivity index (χ0) is 20.7. The molecule has 27 heavy (non-hydrogen) atoms. The molecule has 7 atom stereocenters. The highest BCUT2D eigenvalue weighted by Gasteiger charge is 2.54. The van der Waals surface area contributed by atoms with E-state index in [1.54, 1.807) is 0 Å².